The first kappa shape index (κ1) is 9.73. The Balaban J connectivity index is 2.54. The van der Waals surface area contributed by atoms with Gasteiger partial charge in [0.25, 0.3) is 5.91 Å². The van der Waals surface area contributed by atoms with Gasteiger partial charge in [0.2, 0.25) is 0 Å². The van der Waals surface area contributed by atoms with Gasteiger partial charge in [-0.3, -0.25) is 9.89 Å². The van der Waals surface area contributed by atoms with Gasteiger partial charge in [-0.1, -0.05) is 0 Å². The van der Waals surface area contributed by atoms with Crippen molar-refractivity contribution >= 4 is 5.91 Å². The summed E-state index contributed by atoms with van der Waals surface area (Å²) in [7, 11) is 0. The Bertz CT molecular complexity index is 293. The van der Waals surface area contributed by atoms with Gasteiger partial charge in [-0.15, -0.1) is 0 Å². The quantitative estimate of drug-likeness (QED) is 0.608. The summed E-state index contributed by atoms with van der Waals surface area (Å²) in [6, 6.07) is 0. The molecule has 1 aromatic rings. The van der Waals surface area contributed by atoms with Crippen LogP contribution >= 0.6 is 0 Å². The summed E-state index contributed by atoms with van der Waals surface area (Å²) < 4.78 is 0. The maximum absolute atomic E-state index is 11.3. The van der Waals surface area contributed by atoms with Crippen molar-refractivity contribution in [3.63, 3.8) is 0 Å². The van der Waals surface area contributed by atoms with Gasteiger partial charge in [-0.25, -0.2) is 0 Å². The van der Waals surface area contributed by atoms with Crippen LogP contribution in [0.3, 0.4) is 0 Å². The Kier molecular flexibility index (Phi) is 3.02. The van der Waals surface area contributed by atoms with E-state index in [-0.39, 0.29) is 12.5 Å². The number of nitrogens with one attached hydrogen (secondary N) is 2. The van der Waals surface area contributed by atoms with Crippen LogP contribution in [0.15, 0.2) is 6.20 Å². The number of hydrogen-bond donors (Lipinski definition) is 3. The molecule has 0 bridgehead atoms. The lowest BCUT2D eigenvalue weighted by atomic mass is 10.2. The average Bonchev–Trinajstić information content (AvgIpc) is 2.47. The molecule has 0 radical (unpaired) electrons. The number of carbonyl (C=O) groups excluding carboxylic acids is 1. The van der Waals surface area contributed by atoms with Gasteiger partial charge in [-0.05, 0) is 13.8 Å². The van der Waals surface area contributed by atoms with Crippen LogP contribution in [0, 0.1) is 6.92 Å². The predicted octanol–water partition coefficient (Wildman–Crippen LogP) is -0.171. The first-order valence-electron chi connectivity index (χ1n) is 4.07. The van der Waals surface area contributed by atoms with Crippen LogP contribution < -0.4 is 5.32 Å². The molecule has 13 heavy (non-hydrogen) atoms. The van der Waals surface area contributed by atoms with E-state index in [1.165, 1.54) is 6.20 Å². The maximum Gasteiger partial charge on any atom is 0.254 e. The molecule has 72 valence electrons. The highest BCUT2D eigenvalue weighted by atomic mass is 16.3. The summed E-state index contributed by atoms with van der Waals surface area (Å²) in [5, 5.41) is 17.9. The van der Waals surface area contributed by atoms with Crippen LogP contribution in [-0.2, 0) is 0 Å². The Morgan fingerprint density at radius 1 is 1.85 bits per heavy atom. The number of nitrogens with zero attached hydrogens (tertiary/aromatic N) is 1. The number of hydrogen-bond acceptors (Lipinski definition) is 3. The van der Waals surface area contributed by atoms with Crippen molar-refractivity contribution in [1.29, 1.82) is 0 Å². The SMILES string of the molecule is Cc1[nH]ncc1C(=O)NC[C@@H](C)O. The lowest BCUT2D eigenvalue weighted by molar-refractivity contribution is 0.0923. The van der Waals surface area contributed by atoms with E-state index in [4.69, 9.17) is 5.11 Å². The van der Waals surface area contributed by atoms with Gasteiger partial charge >= 0.3 is 0 Å². The summed E-state index contributed by atoms with van der Waals surface area (Å²) in [6.45, 7) is 3.64. The zero-order valence-corrected chi connectivity index (χ0v) is 7.66. The highest BCUT2D eigenvalue weighted by Crippen LogP contribution is 2.01. The summed E-state index contributed by atoms with van der Waals surface area (Å²) >= 11 is 0. The molecule has 0 unspecified atom stereocenters. The van der Waals surface area contributed by atoms with Gasteiger partial charge in [0.15, 0.2) is 0 Å². The van der Waals surface area contributed by atoms with Crippen LogP contribution in [0.2, 0.25) is 0 Å². The van der Waals surface area contributed by atoms with E-state index in [9.17, 15) is 4.79 Å². The van der Waals surface area contributed by atoms with Crippen molar-refractivity contribution in [2.45, 2.75) is 20.0 Å². The molecule has 3 N–H and O–H groups in total. The molecular formula is C8H13N3O2. The first-order chi connectivity index (χ1) is 6.11. The summed E-state index contributed by atoms with van der Waals surface area (Å²) in [6.07, 6.45) is 0.934. The number of rotatable bonds is 3. The van der Waals surface area contributed by atoms with Crippen LogP contribution in [0.1, 0.15) is 23.0 Å². The Morgan fingerprint density at radius 3 is 3.00 bits per heavy atom. The fourth-order valence-corrected chi connectivity index (χ4v) is 0.915. The van der Waals surface area contributed by atoms with Gasteiger partial charge in [0, 0.05) is 12.2 Å². The number of aliphatic hydroxyl groups is 1. The molecule has 5 nitrogen and oxygen atoms in total. The van der Waals surface area contributed by atoms with Gasteiger partial charge in [0.1, 0.15) is 0 Å². The lowest BCUT2D eigenvalue weighted by Gasteiger charge is -2.05. The third kappa shape index (κ3) is 2.55. The molecule has 5 heteroatoms. The van der Waals surface area contributed by atoms with Crippen LogP contribution in [0.5, 0.6) is 0 Å². The molecule has 0 aliphatic carbocycles. The molecule has 1 atom stereocenters. The molecule has 1 aromatic heterocycles. The molecule has 0 fully saturated rings. The molecular weight excluding hydrogens is 170 g/mol. The molecule has 1 rings (SSSR count). The zero-order valence-electron chi connectivity index (χ0n) is 7.66. The summed E-state index contributed by atoms with van der Waals surface area (Å²) in [4.78, 5) is 11.3. The number of aromatic amines is 1. The van der Waals surface area contributed by atoms with Crippen molar-refractivity contribution in [2.24, 2.45) is 0 Å². The molecule has 1 amide bonds. The topological polar surface area (TPSA) is 78.0 Å². The van der Waals surface area contributed by atoms with E-state index in [2.05, 4.69) is 15.5 Å². The summed E-state index contributed by atoms with van der Waals surface area (Å²) in [5.74, 6) is -0.216. The van der Waals surface area contributed by atoms with Crippen LogP contribution in [0.4, 0.5) is 0 Å². The van der Waals surface area contributed by atoms with Crippen molar-refractivity contribution in [3.05, 3.63) is 17.5 Å². The fourth-order valence-electron chi connectivity index (χ4n) is 0.915. The van der Waals surface area contributed by atoms with Gasteiger partial charge < -0.3 is 10.4 Å². The highest BCUT2D eigenvalue weighted by Gasteiger charge is 2.10. The van der Waals surface area contributed by atoms with Crippen molar-refractivity contribution in [2.75, 3.05) is 6.54 Å². The smallest absolute Gasteiger partial charge is 0.254 e. The molecule has 0 aromatic carbocycles. The van der Waals surface area contributed by atoms with Crippen LogP contribution in [0.25, 0.3) is 0 Å². The molecule has 0 saturated heterocycles. The number of carbonyl (C=O) groups is 1. The fraction of sp³-hybridized carbons (Fsp3) is 0.500. The van der Waals surface area contributed by atoms with Crippen molar-refractivity contribution in [1.82, 2.24) is 15.5 Å². The second-order valence-electron chi connectivity index (χ2n) is 2.97. The van der Waals surface area contributed by atoms with Gasteiger partial charge in [-0.2, -0.15) is 5.10 Å². The lowest BCUT2D eigenvalue weighted by Crippen LogP contribution is -2.30. The summed E-state index contributed by atoms with van der Waals surface area (Å²) in [5.41, 5.74) is 1.24. The Labute approximate surface area is 76.2 Å². The number of aryl methyl sites for hydroxylation is 1. The van der Waals surface area contributed by atoms with Crippen molar-refractivity contribution < 1.29 is 9.90 Å². The van der Waals surface area contributed by atoms with Crippen molar-refractivity contribution in [3.8, 4) is 0 Å². The molecule has 0 saturated carbocycles. The van der Waals surface area contributed by atoms with E-state index in [1.807, 2.05) is 0 Å². The third-order valence-electron chi connectivity index (χ3n) is 1.63. The Morgan fingerprint density at radius 2 is 2.54 bits per heavy atom. The highest BCUT2D eigenvalue weighted by molar-refractivity contribution is 5.94. The monoisotopic (exact) mass is 183 g/mol. The number of aliphatic hydroxyl groups excluding tert-OH is 1. The second-order valence-corrected chi connectivity index (χ2v) is 2.97. The minimum atomic E-state index is -0.531. The number of H-pyrrole nitrogens is 1. The van der Waals surface area contributed by atoms with E-state index in [0.29, 0.717) is 5.56 Å². The minimum absolute atomic E-state index is 0.216. The molecule has 0 spiro atoms. The van der Waals surface area contributed by atoms with Gasteiger partial charge in [0.05, 0.1) is 17.9 Å². The largest absolute Gasteiger partial charge is 0.392 e. The standard InChI is InChI=1S/C8H13N3O2/c1-5(12)3-9-8(13)7-4-10-11-6(7)2/h4-5,12H,3H2,1-2H3,(H,9,13)(H,10,11)/t5-/m1/s1. The van der Waals surface area contributed by atoms with E-state index < -0.39 is 6.10 Å². The molecule has 0 aliphatic rings. The van der Waals surface area contributed by atoms with E-state index in [1.54, 1.807) is 13.8 Å². The minimum Gasteiger partial charge on any atom is -0.392 e. The maximum atomic E-state index is 11.3. The first-order valence-corrected chi connectivity index (χ1v) is 4.07. The number of aromatic nitrogens is 2. The average molecular weight is 183 g/mol. The molecule has 1 heterocycles. The third-order valence-corrected chi connectivity index (χ3v) is 1.63. The zero-order chi connectivity index (χ0) is 9.84. The second kappa shape index (κ2) is 4.04. The van der Waals surface area contributed by atoms with Crippen LogP contribution in [-0.4, -0.2) is 33.9 Å². The molecule has 0 aliphatic heterocycles. The van der Waals surface area contributed by atoms with E-state index in [0.717, 1.165) is 5.69 Å². The normalized spacial score (nSPS) is 12.5. The Hall–Kier alpha value is -1.36. The van der Waals surface area contributed by atoms with E-state index >= 15 is 0 Å². The predicted molar refractivity (Wildman–Crippen MR) is 47.3 cm³/mol. The number of amides is 1.